The van der Waals surface area contributed by atoms with Gasteiger partial charge in [-0.15, -0.1) is 0 Å². The van der Waals surface area contributed by atoms with Gasteiger partial charge < -0.3 is 5.11 Å². The molecule has 0 saturated heterocycles. The minimum atomic E-state index is -0.413. The number of carbonyl (C=O) groups excluding carboxylic acids is 1. The van der Waals surface area contributed by atoms with Gasteiger partial charge in [-0.05, 0) is 55.2 Å². The predicted molar refractivity (Wildman–Crippen MR) is 102 cm³/mol. The van der Waals surface area contributed by atoms with Gasteiger partial charge in [-0.2, -0.15) is 5.10 Å². The van der Waals surface area contributed by atoms with E-state index in [0.29, 0.717) is 24.3 Å². The predicted octanol–water partition coefficient (Wildman–Crippen LogP) is 4.08. The fourth-order valence-electron chi connectivity index (χ4n) is 4.06. The summed E-state index contributed by atoms with van der Waals surface area (Å²) in [6, 6.07) is 14.2. The monoisotopic (exact) mass is 348 g/mol. The van der Waals surface area contributed by atoms with Crippen LogP contribution in [0.5, 0.6) is 0 Å². The minimum absolute atomic E-state index is 0.0622. The van der Waals surface area contributed by atoms with Crippen LogP contribution in [0.15, 0.2) is 48.7 Å². The summed E-state index contributed by atoms with van der Waals surface area (Å²) in [6.45, 7) is 0. The summed E-state index contributed by atoms with van der Waals surface area (Å²) in [7, 11) is 0. The van der Waals surface area contributed by atoms with Gasteiger partial charge in [0, 0.05) is 17.4 Å². The fourth-order valence-corrected chi connectivity index (χ4v) is 4.06. The summed E-state index contributed by atoms with van der Waals surface area (Å²) < 4.78 is 0. The SMILES string of the molecule is O=C(CC[C@@H](O)CCC1Cc2ccccc2C1)c1cccc2cn[nH]c12. The van der Waals surface area contributed by atoms with E-state index < -0.39 is 6.10 Å². The highest BCUT2D eigenvalue weighted by Gasteiger charge is 2.22. The number of Topliss-reactive ketones (excluding diaryl/α,β-unsaturated/α-hetero) is 1. The van der Waals surface area contributed by atoms with E-state index in [-0.39, 0.29) is 5.78 Å². The van der Waals surface area contributed by atoms with E-state index in [1.165, 1.54) is 11.1 Å². The summed E-state index contributed by atoms with van der Waals surface area (Å²) in [5.74, 6) is 0.684. The number of aliphatic hydroxyl groups is 1. The number of carbonyl (C=O) groups is 1. The molecule has 4 nitrogen and oxygen atoms in total. The third kappa shape index (κ3) is 3.56. The molecule has 4 heteroatoms. The Morgan fingerprint density at radius 1 is 1.12 bits per heavy atom. The minimum Gasteiger partial charge on any atom is -0.393 e. The van der Waals surface area contributed by atoms with Crippen molar-refractivity contribution in [3.63, 3.8) is 0 Å². The molecule has 0 unspecified atom stereocenters. The van der Waals surface area contributed by atoms with Gasteiger partial charge in [-0.1, -0.05) is 36.4 Å². The van der Waals surface area contributed by atoms with E-state index in [4.69, 9.17) is 0 Å². The van der Waals surface area contributed by atoms with Crippen molar-refractivity contribution in [1.29, 1.82) is 0 Å². The molecule has 2 N–H and O–H groups in total. The molecule has 1 aliphatic carbocycles. The highest BCUT2D eigenvalue weighted by molar-refractivity contribution is 6.06. The number of benzene rings is 2. The molecule has 0 saturated carbocycles. The van der Waals surface area contributed by atoms with Crippen LogP contribution in [0, 0.1) is 5.92 Å². The van der Waals surface area contributed by atoms with Crippen molar-refractivity contribution in [3.05, 3.63) is 65.4 Å². The van der Waals surface area contributed by atoms with Crippen LogP contribution < -0.4 is 0 Å². The molecular formula is C22H24N2O2. The van der Waals surface area contributed by atoms with E-state index >= 15 is 0 Å². The van der Waals surface area contributed by atoms with Crippen molar-refractivity contribution in [2.45, 2.75) is 44.6 Å². The summed E-state index contributed by atoms with van der Waals surface area (Å²) in [5, 5.41) is 18.2. The van der Waals surface area contributed by atoms with E-state index in [0.717, 1.165) is 36.6 Å². The van der Waals surface area contributed by atoms with Gasteiger partial charge in [0.15, 0.2) is 5.78 Å². The number of aliphatic hydroxyl groups excluding tert-OH is 1. The number of hydrogen-bond donors (Lipinski definition) is 2. The second-order valence-electron chi connectivity index (χ2n) is 7.38. The van der Waals surface area contributed by atoms with Crippen molar-refractivity contribution in [1.82, 2.24) is 10.2 Å². The average Bonchev–Trinajstić information content (AvgIpc) is 3.30. The Balaban J connectivity index is 1.26. The number of fused-ring (bicyclic) bond motifs is 2. The first-order chi connectivity index (χ1) is 12.7. The number of rotatable bonds is 7. The number of nitrogens with one attached hydrogen (secondary N) is 1. The zero-order valence-corrected chi connectivity index (χ0v) is 14.8. The van der Waals surface area contributed by atoms with Gasteiger partial charge in [0.25, 0.3) is 0 Å². The number of hydrogen-bond acceptors (Lipinski definition) is 3. The van der Waals surface area contributed by atoms with Crippen molar-refractivity contribution >= 4 is 16.7 Å². The number of nitrogens with zero attached hydrogens (tertiary/aromatic N) is 1. The molecule has 26 heavy (non-hydrogen) atoms. The van der Waals surface area contributed by atoms with Crippen LogP contribution in [0.1, 0.15) is 47.2 Å². The Morgan fingerprint density at radius 2 is 1.88 bits per heavy atom. The maximum Gasteiger partial charge on any atom is 0.165 e. The van der Waals surface area contributed by atoms with Gasteiger partial charge in [-0.3, -0.25) is 9.89 Å². The van der Waals surface area contributed by atoms with Crippen LogP contribution >= 0.6 is 0 Å². The largest absolute Gasteiger partial charge is 0.393 e. The van der Waals surface area contributed by atoms with Gasteiger partial charge in [-0.25, -0.2) is 0 Å². The van der Waals surface area contributed by atoms with Crippen molar-refractivity contribution in [2.75, 3.05) is 0 Å². The highest BCUT2D eigenvalue weighted by atomic mass is 16.3. The average molecular weight is 348 g/mol. The molecule has 1 aliphatic rings. The number of para-hydroxylation sites is 1. The van der Waals surface area contributed by atoms with Crippen molar-refractivity contribution < 1.29 is 9.90 Å². The quantitative estimate of drug-likeness (QED) is 0.632. The van der Waals surface area contributed by atoms with E-state index in [9.17, 15) is 9.90 Å². The van der Waals surface area contributed by atoms with Crippen molar-refractivity contribution in [2.24, 2.45) is 5.92 Å². The summed E-state index contributed by atoms with van der Waals surface area (Å²) >= 11 is 0. The topological polar surface area (TPSA) is 66.0 Å². The Labute approximate surface area is 153 Å². The molecule has 0 amide bonds. The molecule has 0 radical (unpaired) electrons. The van der Waals surface area contributed by atoms with Crippen LogP contribution in [-0.4, -0.2) is 27.2 Å². The zero-order chi connectivity index (χ0) is 17.9. The Morgan fingerprint density at radius 3 is 2.65 bits per heavy atom. The Kier molecular flexibility index (Phi) is 4.85. The Bertz CT molecular complexity index is 890. The van der Waals surface area contributed by atoms with Gasteiger partial charge in [0.2, 0.25) is 0 Å². The maximum absolute atomic E-state index is 12.5. The third-order valence-electron chi connectivity index (χ3n) is 5.53. The van der Waals surface area contributed by atoms with Crippen LogP contribution in [0.2, 0.25) is 0 Å². The first kappa shape index (κ1) is 17.0. The normalized spacial score (nSPS) is 15.3. The molecule has 0 fully saturated rings. The van der Waals surface area contributed by atoms with E-state index in [1.54, 1.807) is 6.20 Å². The van der Waals surface area contributed by atoms with E-state index in [2.05, 4.69) is 34.5 Å². The molecule has 1 aromatic heterocycles. The van der Waals surface area contributed by atoms with Crippen LogP contribution in [0.4, 0.5) is 0 Å². The second kappa shape index (κ2) is 7.42. The van der Waals surface area contributed by atoms with Crippen LogP contribution in [0.3, 0.4) is 0 Å². The molecular weight excluding hydrogens is 324 g/mol. The second-order valence-corrected chi connectivity index (χ2v) is 7.38. The van der Waals surface area contributed by atoms with E-state index in [1.807, 2.05) is 18.2 Å². The lowest BCUT2D eigenvalue weighted by Crippen LogP contribution is -2.13. The summed E-state index contributed by atoms with van der Waals surface area (Å²) in [5.41, 5.74) is 4.36. The van der Waals surface area contributed by atoms with Gasteiger partial charge >= 0.3 is 0 Å². The van der Waals surface area contributed by atoms with Gasteiger partial charge in [0.05, 0.1) is 17.8 Å². The molecule has 1 atom stereocenters. The number of H-pyrrole nitrogens is 1. The lowest BCUT2D eigenvalue weighted by Gasteiger charge is -2.13. The summed E-state index contributed by atoms with van der Waals surface area (Å²) in [6.07, 6.45) is 6.20. The maximum atomic E-state index is 12.5. The van der Waals surface area contributed by atoms with Crippen molar-refractivity contribution in [3.8, 4) is 0 Å². The molecule has 4 rings (SSSR count). The molecule has 134 valence electrons. The molecule has 2 aromatic carbocycles. The Hall–Kier alpha value is -2.46. The summed E-state index contributed by atoms with van der Waals surface area (Å²) in [4.78, 5) is 12.5. The lowest BCUT2D eigenvalue weighted by atomic mass is 9.95. The first-order valence-electron chi connectivity index (χ1n) is 9.41. The third-order valence-corrected chi connectivity index (χ3v) is 5.53. The molecule has 0 bridgehead atoms. The van der Waals surface area contributed by atoms with Crippen LogP contribution in [-0.2, 0) is 12.8 Å². The number of aromatic amines is 1. The number of ketones is 1. The fraction of sp³-hybridized carbons (Fsp3) is 0.364. The smallest absolute Gasteiger partial charge is 0.165 e. The zero-order valence-electron chi connectivity index (χ0n) is 14.8. The highest BCUT2D eigenvalue weighted by Crippen LogP contribution is 2.30. The molecule has 0 spiro atoms. The van der Waals surface area contributed by atoms with Gasteiger partial charge in [0.1, 0.15) is 0 Å². The molecule has 0 aliphatic heterocycles. The molecule has 3 aromatic rings. The van der Waals surface area contributed by atoms with Crippen LogP contribution in [0.25, 0.3) is 10.9 Å². The first-order valence-corrected chi connectivity index (χ1v) is 9.41. The molecule has 1 heterocycles. The number of aromatic nitrogens is 2. The lowest BCUT2D eigenvalue weighted by molar-refractivity contribution is 0.0928. The standard InChI is InChI=1S/C22H24N2O2/c25-19(9-8-15-12-16-4-1-2-5-17(16)13-15)10-11-21(26)20-7-3-6-18-14-23-24-22(18)20/h1-7,14-15,19,25H,8-13H2,(H,23,24)/t19-/m0/s1.